The molecule has 0 spiro atoms. The average molecular weight is 392 g/mol. The summed E-state index contributed by atoms with van der Waals surface area (Å²) >= 11 is 0. The van der Waals surface area contributed by atoms with E-state index in [9.17, 15) is 5.11 Å². The van der Waals surface area contributed by atoms with E-state index in [2.05, 4.69) is 17.4 Å². The number of nitrogens with one attached hydrogen (secondary N) is 1. The highest BCUT2D eigenvalue weighted by atomic mass is 16.5. The fourth-order valence-corrected chi connectivity index (χ4v) is 3.14. The van der Waals surface area contributed by atoms with E-state index < -0.39 is 6.10 Å². The number of benzene rings is 3. The Hall–Kier alpha value is -2.82. The second kappa shape index (κ2) is 10.6. The summed E-state index contributed by atoms with van der Waals surface area (Å²) < 4.78 is 11.0. The monoisotopic (exact) mass is 391 g/mol. The number of methoxy groups -OCH3 is 1. The summed E-state index contributed by atoms with van der Waals surface area (Å²) in [5.41, 5.74) is 3.24. The second-order valence-corrected chi connectivity index (χ2v) is 7.13. The predicted octanol–water partition coefficient (Wildman–Crippen LogP) is 4.53. The Morgan fingerprint density at radius 1 is 0.828 bits per heavy atom. The lowest BCUT2D eigenvalue weighted by molar-refractivity contribution is 0.136. The van der Waals surface area contributed by atoms with Gasteiger partial charge in [-0.05, 0) is 60.8 Å². The van der Waals surface area contributed by atoms with Crippen molar-refractivity contribution in [1.29, 1.82) is 0 Å². The van der Waals surface area contributed by atoms with Crippen LogP contribution in [0.4, 0.5) is 0 Å². The molecule has 0 aliphatic carbocycles. The van der Waals surface area contributed by atoms with Crippen molar-refractivity contribution in [1.82, 2.24) is 5.32 Å². The van der Waals surface area contributed by atoms with Crippen LogP contribution in [0.2, 0.25) is 0 Å². The Balaban J connectivity index is 1.45. The maximum atomic E-state index is 10.6. The van der Waals surface area contributed by atoms with Crippen molar-refractivity contribution < 1.29 is 14.6 Å². The Kier molecular flexibility index (Phi) is 7.68. The van der Waals surface area contributed by atoms with E-state index in [1.807, 2.05) is 73.7 Å². The third-order valence-corrected chi connectivity index (χ3v) is 4.98. The third-order valence-electron chi connectivity index (χ3n) is 4.98. The van der Waals surface area contributed by atoms with E-state index >= 15 is 0 Å². The van der Waals surface area contributed by atoms with Crippen LogP contribution in [0, 0.1) is 0 Å². The van der Waals surface area contributed by atoms with Gasteiger partial charge in [0, 0.05) is 6.04 Å². The summed E-state index contributed by atoms with van der Waals surface area (Å²) in [6.45, 7) is 3.33. The minimum absolute atomic E-state index is 0.0515. The summed E-state index contributed by atoms with van der Waals surface area (Å²) in [5.74, 6) is 1.66. The first-order valence-electron chi connectivity index (χ1n) is 9.97. The zero-order valence-electron chi connectivity index (χ0n) is 17.0. The minimum Gasteiger partial charge on any atom is -0.497 e. The van der Waals surface area contributed by atoms with Gasteiger partial charge in [-0.2, -0.15) is 0 Å². The van der Waals surface area contributed by atoms with E-state index in [4.69, 9.17) is 9.47 Å². The lowest BCUT2D eigenvalue weighted by atomic mass is 10.0. The van der Waals surface area contributed by atoms with Gasteiger partial charge in [-0.1, -0.05) is 54.6 Å². The van der Waals surface area contributed by atoms with Gasteiger partial charge in [0.25, 0.3) is 0 Å². The first-order valence-corrected chi connectivity index (χ1v) is 9.97. The Morgan fingerprint density at radius 2 is 1.48 bits per heavy atom. The molecule has 0 heterocycles. The molecule has 2 atom stereocenters. The highest BCUT2D eigenvalue weighted by Gasteiger charge is 2.15. The largest absolute Gasteiger partial charge is 0.497 e. The molecule has 0 unspecified atom stereocenters. The molecule has 3 aromatic rings. The Labute approximate surface area is 173 Å². The van der Waals surface area contributed by atoms with Gasteiger partial charge >= 0.3 is 0 Å². The van der Waals surface area contributed by atoms with Crippen LogP contribution in [-0.2, 0) is 13.0 Å². The Bertz CT molecular complexity index is 848. The molecule has 4 nitrogen and oxygen atoms in total. The first kappa shape index (κ1) is 20.9. The van der Waals surface area contributed by atoms with Crippen molar-refractivity contribution in [3.8, 4) is 11.5 Å². The highest BCUT2D eigenvalue weighted by molar-refractivity contribution is 5.30. The fraction of sp³-hybridized carbons (Fsp3) is 0.280. The van der Waals surface area contributed by atoms with Gasteiger partial charge in [0.15, 0.2) is 0 Å². The zero-order valence-corrected chi connectivity index (χ0v) is 17.0. The molecule has 0 bridgehead atoms. The van der Waals surface area contributed by atoms with E-state index in [0.29, 0.717) is 6.61 Å². The lowest BCUT2D eigenvalue weighted by Gasteiger charge is -2.21. The average Bonchev–Trinajstić information content (AvgIpc) is 2.78. The number of hydrogen-bond acceptors (Lipinski definition) is 4. The number of ether oxygens (including phenoxy) is 2. The van der Waals surface area contributed by atoms with Crippen molar-refractivity contribution in [2.45, 2.75) is 32.1 Å². The molecule has 2 N–H and O–H groups in total. The lowest BCUT2D eigenvalue weighted by Crippen LogP contribution is -2.33. The normalized spacial score (nSPS) is 12.9. The van der Waals surface area contributed by atoms with Crippen molar-refractivity contribution >= 4 is 0 Å². The van der Waals surface area contributed by atoms with Crippen LogP contribution in [0.25, 0.3) is 0 Å². The van der Waals surface area contributed by atoms with Crippen LogP contribution in [0.15, 0.2) is 78.9 Å². The van der Waals surface area contributed by atoms with Crippen LogP contribution >= 0.6 is 0 Å². The van der Waals surface area contributed by atoms with Crippen molar-refractivity contribution in [2.75, 3.05) is 13.7 Å². The van der Waals surface area contributed by atoms with Crippen LogP contribution in [0.5, 0.6) is 11.5 Å². The maximum Gasteiger partial charge on any atom is 0.119 e. The highest BCUT2D eigenvalue weighted by Crippen LogP contribution is 2.21. The standard InChI is InChI=1S/C25H29NO3/c1-19(26-17-16-20-8-12-23(28-2)13-9-20)25(27)22-10-14-24(15-11-22)29-18-21-6-4-3-5-7-21/h3-15,19,25-27H,16-18H2,1-2H3/t19-,25-/m0/s1. The smallest absolute Gasteiger partial charge is 0.119 e. The van der Waals surface area contributed by atoms with E-state index in [0.717, 1.165) is 35.6 Å². The van der Waals surface area contributed by atoms with Crippen molar-refractivity contribution in [3.05, 3.63) is 95.6 Å². The molecular formula is C25H29NO3. The second-order valence-electron chi connectivity index (χ2n) is 7.13. The molecule has 3 rings (SSSR count). The van der Waals surface area contributed by atoms with Crippen LogP contribution in [-0.4, -0.2) is 24.8 Å². The summed E-state index contributed by atoms with van der Waals surface area (Å²) in [6, 6.07) is 25.7. The van der Waals surface area contributed by atoms with E-state index in [1.165, 1.54) is 5.56 Å². The molecule has 0 aromatic heterocycles. The molecule has 0 amide bonds. The van der Waals surface area contributed by atoms with Crippen LogP contribution in [0.1, 0.15) is 29.7 Å². The van der Waals surface area contributed by atoms with Gasteiger partial charge in [-0.15, -0.1) is 0 Å². The summed E-state index contributed by atoms with van der Waals surface area (Å²) in [7, 11) is 1.67. The summed E-state index contributed by atoms with van der Waals surface area (Å²) in [6.07, 6.45) is 0.321. The van der Waals surface area contributed by atoms with Gasteiger partial charge in [0.05, 0.1) is 13.2 Å². The molecule has 0 aliphatic heterocycles. The van der Waals surface area contributed by atoms with Gasteiger partial charge in [0.2, 0.25) is 0 Å². The number of hydrogen-bond donors (Lipinski definition) is 2. The van der Waals surface area contributed by atoms with Gasteiger partial charge in [-0.3, -0.25) is 0 Å². The third kappa shape index (κ3) is 6.34. The quantitative estimate of drug-likeness (QED) is 0.533. The Morgan fingerprint density at radius 3 is 2.14 bits per heavy atom. The summed E-state index contributed by atoms with van der Waals surface area (Å²) in [4.78, 5) is 0. The summed E-state index contributed by atoms with van der Waals surface area (Å²) in [5, 5.41) is 14.0. The molecule has 0 radical (unpaired) electrons. The molecule has 3 aromatic carbocycles. The molecule has 0 fully saturated rings. The van der Waals surface area contributed by atoms with Gasteiger partial charge in [-0.25, -0.2) is 0 Å². The number of rotatable bonds is 10. The van der Waals surface area contributed by atoms with E-state index in [-0.39, 0.29) is 6.04 Å². The zero-order chi connectivity index (χ0) is 20.5. The van der Waals surface area contributed by atoms with Gasteiger partial charge < -0.3 is 19.9 Å². The molecule has 29 heavy (non-hydrogen) atoms. The molecule has 0 aliphatic rings. The molecular weight excluding hydrogens is 362 g/mol. The fourth-order valence-electron chi connectivity index (χ4n) is 3.14. The molecule has 0 saturated carbocycles. The van der Waals surface area contributed by atoms with Crippen molar-refractivity contribution in [3.63, 3.8) is 0 Å². The van der Waals surface area contributed by atoms with Crippen LogP contribution < -0.4 is 14.8 Å². The van der Waals surface area contributed by atoms with Crippen LogP contribution in [0.3, 0.4) is 0 Å². The number of aliphatic hydroxyl groups excluding tert-OH is 1. The SMILES string of the molecule is COc1ccc(CCN[C@@H](C)[C@H](O)c2ccc(OCc3ccccc3)cc2)cc1. The number of aliphatic hydroxyl groups is 1. The molecule has 4 heteroatoms. The topological polar surface area (TPSA) is 50.7 Å². The van der Waals surface area contributed by atoms with Gasteiger partial charge in [0.1, 0.15) is 18.1 Å². The van der Waals surface area contributed by atoms with Crippen molar-refractivity contribution in [2.24, 2.45) is 0 Å². The molecule has 152 valence electrons. The van der Waals surface area contributed by atoms with E-state index in [1.54, 1.807) is 7.11 Å². The maximum absolute atomic E-state index is 10.6. The molecule has 0 saturated heterocycles. The first-order chi connectivity index (χ1) is 14.2. The predicted molar refractivity (Wildman–Crippen MR) is 116 cm³/mol. The minimum atomic E-state index is -0.575.